The Bertz CT molecular complexity index is 391. The number of aliphatic carboxylic acids is 1. The number of H-pyrrole nitrogens is 1. The molecule has 0 bridgehead atoms. The first kappa shape index (κ1) is 14.0. The van der Waals surface area contributed by atoms with Crippen molar-refractivity contribution >= 4 is 12.0 Å². The summed E-state index contributed by atoms with van der Waals surface area (Å²) < 4.78 is 0. The molecule has 0 spiro atoms. The molecule has 100 valence electrons. The summed E-state index contributed by atoms with van der Waals surface area (Å²) in [5.74, 6) is -0.397. The van der Waals surface area contributed by atoms with Crippen LogP contribution in [0.2, 0.25) is 0 Å². The number of aromatic nitrogens is 2. The highest BCUT2D eigenvalue weighted by molar-refractivity contribution is 5.80. The molecular weight excluding hydrogens is 236 g/mol. The van der Waals surface area contributed by atoms with Gasteiger partial charge in [-0.1, -0.05) is 6.92 Å². The zero-order chi connectivity index (χ0) is 13.5. The summed E-state index contributed by atoms with van der Waals surface area (Å²) in [5.41, 5.74) is 0. The second-order valence-electron chi connectivity index (χ2n) is 3.97. The molecule has 0 aliphatic rings. The molecule has 0 fully saturated rings. The average molecular weight is 254 g/mol. The maximum atomic E-state index is 11.9. The minimum Gasteiger partial charge on any atom is -0.480 e. The number of carbonyl (C=O) groups is 2. The van der Waals surface area contributed by atoms with Gasteiger partial charge in [-0.05, 0) is 13.3 Å². The third-order valence-corrected chi connectivity index (χ3v) is 2.65. The Morgan fingerprint density at radius 3 is 2.83 bits per heavy atom. The van der Waals surface area contributed by atoms with Crippen LogP contribution in [-0.4, -0.2) is 44.6 Å². The molecule has 1 unspecified atom stereocenters. The van der Waals surface area contributed by atoms with E-state index in [1.807, 2.05) is 13.8 Å². The SMILES string of the molecule is CCC(C)N(CC(=O)O)C(=O)NCc1ncc[nH]1. The van der Waals surface area contributed by atoms with Crippen molar-refractivity contribution in [3.63, 3.8) is 0 Å². The second kappa shape index (κ2) is 6.63. The summed E-state index contributed by atoms with van der Waals surface area (Å²) in [6.07, 6.45) is 3.94. The van der Waals surface area contributed by atoms with Crippen LogP contribution in [0.25, 0.3) is 0 Å². The predicted octanol–water partition coefficient (Wildman–Crippen LogP) is 0.804. The Kier molecular flexibility index (Phi) is 5.16. The van der Waals surface area contributed by atoms with Gasteiger partial charge in [-0.2, -0.15) is 0 Å². The maximum absolute atomic E-state index is 11.9. The number of carboxylic acids is 1. The zero-order valence-corrected chi connectivity index (χ0v) is 10.5. The number of hydrogen-bond acceptors (Lipinski definition) is 3. The van der Waals surface area contributed by atoms with E-state index < -0.39 is 12.0 Å². The average Bonchev–Trinajstić information content (AvgIpc) is 2.85. The number of nitrogens with one attached hydrogen (secondary N) is 2. The lowest BCUT2D eigenvalue weighted by Gasteiger charge is -2.26. The molecule has 7 nitrogen and oxygen atoms in total. The van der Waals surface area contributed by atoms with Crippen LogP contribution in [0.3, 0.4) is 0 Å². The van der Waals surface area contributed by atoms with E-state index in [0.717, 1.165) is 0 Å². The number of rotatable bonds is 6. The molecule has 0 saturated carbocycles. The molecule has 1 heterocycles. The van der Waals surface area contributed by atoms with Crippen molar-refractivity contribution in [3.8, 4) is 0 Å². The Hall–Kier alpha value is -2.05. The first-order valence-electron chi connectivity index (χ1n) is 5.79. The highest BCUT2D eigenvalue weighted by Gasteiger charge is 2.21. The van der Waals surface area contributed by atoms with Gasteiger partial charge in [0, 0.05) is 18.4 Å². The first-order valence-corrected chi connectivity index (χ1v) is 5.79. The largest absolute Gasteiger partial charge is 0.480 e. The number of hydrogen-bond donors (Lipinski definition) is 3. The molecule has 0 aliphatic carbocycles. The van der Waals surface area contributed by atoms with Crippen LogP contribution >= 0.6 is 0 Å². The standard InChI is InChI=1S/C11H18N4O3/c1-3-8(2)15(7-10(16)17)11(18)14-6-9-12-4-5-13-9/h4-5,8H,3,6-7H2,1-2H3,(H,12,13)(H,14,18)(H,16,17). The number of aromatic amines is 1. The Morgan fingerprint density at radius 1 is 1.61 bits per heavy atom. The second-order valence-corrected chi connectivity index (χ2v) is 3.97. The van der Waals surface area contributed by atoms with Gasteiger partial charge in [0.2, 0.25) is 0 Å². The van der Waals surface area contributed by atoms with E-state index in [9.17, 15) is 9.59 Å². The van der Waals surface area contributed by atoms with E-state index in [1.54, 1.807) is 12.4 Å². The molecule has 1 aromatic rings. The van der Waals surface area contributed by atoms with E-state index in [-0.39, 0.29) is 19.1 Å². The van der Waals surface area contributed by atoms with Gasteiger partial charge < -0.3 is 20.3 Å². The molecule has 3 N–H and O–H groups in total. The van der Waals surface area contributed by atoms with Crippen LogP contribution in [0.1, 0.15) is 26.1 Å². The summed E-state index contributed by atoms with van der Waals surface area (Å²) in [5, 5.41) is 11.4. The highest BCUT2D eigenvalue weighted by Crippen LogP contribution is 2.04. The summed E-state index contributed by atoms with van der Waals surface area (Å²) >= 11 is 0. The smallest absolute Gasteiger partial charge is 0.323 e. The van der Waals surface area contributed by atoms with Crippen molar-refractivity contribution in [2.45, 2.75) is 32.9 Å². The summed E-state index contributed by atoms with van der Waals surface area (Å²) in [6.45, 7) is 3.66. The molecule has 18 heavy (non-hydrogen) atoms. The van der Waals surface area contributed by atoms with Crippen molar-refractivity contribution in [1.82, 2.24) is 20.2 Å². The van der Waals surface area contributed by atoms with Crippen LogP contribution in [0.5, 0.6) is 0 Å². The van der Waals surface area contributed by atoms with E-state index in [0.29, 0.717) is 12.2 Å². The van der Waals surface area contributed by atoms with Crippen LogP contribution in [0.4, 0.5) is 4.79 Å². The lowest BCUT2D eigenvalue weighted by molar-refractivity contribution is -0.138. The number of urea groups is 1. The summed E-state index contributed by atoms with van der Waals surface area (Å²) in [4.78, 5) is 30.7. The molecule has 7 heteroatoms. The van der Waals surface area contributed by atoms with Crippen molar-refractivity contribution in [3.05, 3.63) is 18.2 Å². The molecule has 0 saturated heterocycles. The van der Waals surface area contributed by atoms with Crippen molar-refractivity contribution in [2.75, 3.05) is 6.54 Å². The monoisotopic (exact) mass is 254 g/mol. The Balaban J connectivity index is 2.55. The summed E-state index contributed by atoms with van der Waals surface area (Å²) in [6, 6.07) is -0.527. The van der Waals surface area contributed by atoms with Gasteiger partial charge in [-0.25, -0.2) is 9.78 Å². The van der Waals surface area contributed by atoms with Gasteiger partial charge in [0.1, 0.15) is 12.4 Å². The Labute approximate surface area is 105 Å². The fourth-order valence-corrected chi connectivity index (χ4v) is 1.45. The molecule has 0 radical (unpaired) electrons. The van der Waals surface area contributed by atoms with Gasteiger partial charge in [-0.15, -0.1) is 0 Å². The van der Waals surface area contributed by atoms with E-state index in [2.05, 4.69) is 15.3 Å². The van der Waals surface area contributed by atoms with Crippen LogP contribution < -0.4 is 5.32 Å². The van der Waals surface area contributed by atoms with Crippen molar-refractivity contribution in [1.29, 1.82) is 0 Å². The van der Waals surface area contributed by atoms with Crippen LogP contribution in [0.15, 0.2) is 12.4 Å². The predicted molar refractivity (Wildman–Crippen MR) is 64.9 cm³/mol. The van der Waals surface area contributed by atoms with Gasteiger partial charge in [0.25, 0.3) is 0 Å². The molecule has 2 amide bonds. The van der Waals surface area contributed by atoms with E-state index >= 15 is 0 Å². The van der Waals surface area contributed by atoms with E-state index in [1.165, 1.54) is 4.90 Å². The quantitative estimate of drug-likeness (QED) is 0.699. The number of carbonyl (C=O) groups excluding carboxylic acids is 1. The van der Waals surface area contributed by atoms with E-state index in [4.69, 9.17) is 5.11 Å². The lowest BCUT2D eigenvalue weighted by Crippen LogP contribution is -2.47. The molecule has 1 atom stereocenters. The number of carboxylic acid groups (broad SMARTS) is 1. The van der Waals surface area contributed by atoms with Gasteiger partial charge in [-0.3, -0.25) is 4.79 Å². The van der Waals surface area contributed by atoms with Gasteiger partial charge in [0.05, 0.1) is 6.54 Å². The Morgan fingerprint density at radius 2 is 2.33 bits per heavy atom. The lowest BCUT2D eigenvalue weighted by atomic mass is 10.2. The molecule has 0 aromatic carbocycles. The topological polar surface area (TPSA) is 98.3 Å². The third-order valence-electron chi connectivity index (χ3n) is 2.65. The summed E-state index contributed by atoms with van der Waals surface area (Å²) in [7, 11) is 0. The van der Waals surface area contributed by atoms with Gasteiger partial charge >= 0.3 is 12.0 Å². The highest BCUT2D eigenvalue weighted by atomic mass is 16.4. The molecule has 1 rings (SSSR count). The minimum absolute atomic E-state index is 0.127. The minimum atomic E-state index is -1.02. The molecular formula is C11H18N4O3. The van der Waals surface area contributed by atoms with Crippen molar-refractivity contribution in [2.24, 2.45) is 0 Å². The number of nitrogens with zero attached hydrogens (tertiary/aromatic N) is 2. The van der Waals surface area contributed by atoms with Crippen LogP contribution in [0, 0.1) is 0 Å². The van der Waals surface area contributed by atoms with Crippen LogP contribution in [-0.2, 0) is 11.3 Å². The zero-order valence-electron chi connectivity index (χ0n) is 10.5. The third kappa shape index (κ3) is 4.08. The maximum Gasteiger partial charge on any atom is 0.323 e. The first-order chi connectivity index (χ1) is 8.54. The fourth-order valence-electron chi connectivity index (χ4n) is 1.45. The fraction of sp³-hybridized carbons (Fsp3) is 0.545. The van der Waals surface area contributed by atoms with Crippen molar-refractivity contribution < 1.29 is 14.7 Å². The molecule has 0 aliphatic heterocycles. The number of amides is 2. The normalized spacial score (nSPS) is 11.9. The van der Waals surface area contributed by atoms with Gasteiger partial charge in [0.15, 0.2) is 0 Å². The number of imidazole rings is 1. The molecule has 1 aromatic heterocycles.